The fraction of sp³-hybridized carbons (Fsp3) is 0.273. The van der Waals surface area contributed by atoms with Crippen LogP contribution in [0.15, 0.2) is 57.5 Å². The van der Waals surface area contributed by atoms with Gasteiger partial charge in [-0.25, -0.2) is 0 Å². The lowest BCUT2D eigenvalue weighted by molar-refractivity contribution is 0.290. The number of unbranched alkanes of at least 4 members (excludes halogenated alkanes) is 2. The minimum absolute atomic E-state index is 0.178. The van der Waals surface area contributed by atoms with E-state index in [1.807, 2.05) is 48.5 Å². The number of hydrogen-bond acceptors (Lipinski definition) is 2. The third-order valence-electron chi connectivity index (χ3n) is 3.12. The molecule has 0 saturated carbocycles. The predicted octanol–water partition coefficient (Wildman–Crippen LogP) is 5.15. The molecule has 4 heteroatoms. The third kappa shape index (κ3) is 9.80. The van der Waals surface area contributed by atoms with Crippen molar-refractivity contribution < 1.29 is 10.2 Å². The highest BCUT2D eigenvalue weighted by Crippen LogP contribution is 2.20. The Morgan fingerprint density at radius 3 is 1.38 bits per heavy atom. The van der Waals surface area contributed by atoms with Gasteiger partial charge in [0.2, 0.25) is 0 Å². The Morgan fingerprint density at radius 1 is 0.654 bits per heavy atom. The van der Waals surface area contributed by atoms with E-state index in [1.165, 1.54) is 0 Å². The summed E-state index contributed by atoms with van der Waals surface area (Å²) < 4.78 is 2.19. The molecule has 0 unspecified atom stereocenters. The summed E-state index contributed by atoms with van der Waals surface area (Å²) in [4.78, 5) is 0. The normalized spacial score (nSPS) is 9.08. The Hall–Kier alpha value is -1.56. The largest absolute Gasteiger partial charge is 0.396 e. The zero-order valence-electron chi connectivity index (χ0n) is 14.5. The Morgan fingerprint density at radius 2 is 1.04 bits per heavy atom. The van der Waals surface area contributed by atoms with E-state index in [1.54, 1.807) is 0 Å². The molecule has 2 N–H and O–H groups in total. The zero-order valence-corrected chi connectivity index (χ0v) is 17.7. The summed E-state index contributed by atoms with van der Waals surface area (Å²) in [6.45, 7) is 0.356. The molecule has 2 nitrogen and oxygen atoms in total. The van der Waals surface area contributed by atoms with Crippen LogP contribution in [0.5, 0.6) is 0 Å². The molecule has 136 valence electrons. The van der Waals surface area contributed by atoms with Gasteiger partial charge in [0.15, 0.2) is 0 Å². The van der Waals surface area contributed by atoms with E-state index >= 15 is 0 Å². The summed E-state index contributed by atoms with van der Waals surface area (Å²) in [5.74, 6) is 12.2. The minimum Gasteiger partial charge on any atom is -0.396 e. The smallest absolute Gasteiger partial charge is 0.0440 e. The van der Waals surface area contributed by atoms with Gasteiger partial charge in [0.25, 0.3) is 0 Å². The van der Waals surface area contributed by atoms with Crippen LogP contribution < -0.4 is 0 Å². The molecule has 0 saturated heterocycles. The molecule has 26 heavy (non-hydrogen) atoms. The number of hydrogen-bond donors (Lipinski definition) is 2. The van der Waals surface area contributed by atoms with E-state index < -0.39 is 0 Å². The highest BCUT2D eigenvalue weighted by Gasteiger charge is 1.93. The molecular weight excluding hydrogens is 456 g/mol. The molecule has 0 aliphatic heterocycles. The van der Waals surface area contributed by atoms with Crippen LogP contribution in [0.25, 0.3) is 0 Å². The van der Waals surface area contributed by atoms with Crippen molar-refractivity contribution in [2.45, 2.75) is 25.7 Å². The summed E-state index contributed by atoms with van der Waals surface area (Å²) in [5.41, 5.74) is 1.85. The molecule has 2 aromatic rings. The molecule has 0 aliphatic carbocycles. The van der Waals surface area contributed by atoms with Gasteiger partial charge in [0.05, 0.1) is 0 Å². The summed E-state index contributed by atoms with van der Waals surface area (Å²) in [6, 6.07) is 15.7. The fourth-order valence-corrected chi connectivity index (χ4v) is 2.36. The molecule has 0 aliphatic rings. The van der Waals surface area contributed by atoms with Gasteiger partial charge >= 0.3 is 0 Å². The van der Waals surface area contributed by atoms with Crippen molar-refractivity contribution in [3.05, 3.63) is 68.6 Å². The van der Waals surface area contributed by atoms with Gasteiger partial charge in [-0.2, -0.15) is 0 Å². The lowest BCUT2D eigenvalue weighted by Gasteiger charge is -1.95. The van der Waals surface area contributed by atoms with E-state index in [9.17, 15) is 0 Å². The standard InChI is InChI=1S/C16H18O2.C6H4Br2/c17-13-7-1-3-9-15-11-5-6-12-16(15)10-4-2-8-14-18;7-5-3-1-2-4-6(5)8/h5-6,11-12,17-18H,1-2,7-8,13-14H2;1-4H. The van der Waals surface area contributed by atoms with Crippen molar-refractivity contribution in [3.63, 3.8) is 0 Å². The molecule has 0 radical (unpaired) electrons. The number of aliphatic hydroxyl groups excluding tert-OH is 2. The summed E-state index contributed by atoms with van der Waals surface area (Å²) in [7, 11) is 0. The molecule has 0 bridgehead atoms. The molecule has 0 spiro atoms. The fourth-order valence-electron chi connectivity index (χ4n) is 1.79. The van der Waals surface area contributed by atoms with Gasteiger partial charge in [-0.1, -0.05) is 47.9 Å². The number of rotatable bonds is 4. The lowest BCUT2D eigenvalue weighted by Crippen LogP contribution is -1.84. The predicted molar refractivity (Wildman–Crippen MR) is 115 cm³/mol. The molecule has 2 rings (SSSR count). The maximum atomic E-state index is 8.67. The Kier molecular flexibility index (Phi) is 12.6. The lowest BCUT2D eigenvalue weighted by atomic mass is 10.1. The molecular formula is C22H22Br2O2. The number of aliphatic hydroxyl groups is 2. The number of benzene rings is 2. The molecule has 0 aromatic heterocycles. The Labute approximate surface area is 172 Å². The minimum atomic E-state index is 0.178. The van der Waals surface area contributed by atoms with Crippen molar-refractivity contribution in [3.8, 4) is 23.7 Å². The van der Waals surface area contributed by atoms with Crippen molar-refractivity contribution in [1.82, 2.24) is 0 Å². The van der Waals surface area contributed by atoms with Gasteiger partial charge in [-0.05, 0) is 69.0 Å². The first-order valence-electron chi connectivity index (χ1n) is 8.37. The first-order chi connectivity index (χ1) is 12.7. The summed E-state index contributed by atoms with van der Waals surface area (Å²) in [6.07, 6.45) is 2.81. The second-order valence-electron chi connectivity index (χ2n) is 5.22. The van der Waals surface area contributed by atoms with Crippen LogP contribution in [-0.2, 0) is 0 Å². The molecule has 0 amide bonds. The van der Waals surface area contributed by atoms with E-state index in [0.717, 1.165) is 20.1 Å². The van der Waals surface area contributed by atoms with E-state index in [0.29, 0.717) is 25.7 Å². The molecule has 0 fully saturated rings. The van der Waals surface area contributed by atoms with Crippen LogP contribution in [0.4, 0.5) is 0 Å². The molecule has 2 aromatic carbocycles. The monoisotopic (exact) mass is 476 g/mol. The molecule has 0 atom stereocenters. The van der Waals surface area contributed by atoms with Crippen LogP contribution in [0, 0.1) is 23.7 Å². The van der Waals surface area contributed by atoms with Crippen molar-refractivity contribution in [2.24, 2.45) is 0 Å². The average Bonchev–Trinajstić information content (AvgIpc) is 2.66. The van der Waals surface area contributed by atoms with E-state index in [-0.39, 0.29) is 13.2 Å². The second kappa shape index (κ2) is 14.6. The van der Waals surface area contributed by atoms with E-state index in [4.69, 9.17) is 10.2 Å². The summed E-state index contributed by atoms with van der Waals surface area (Å²) >= 11 is 6.70. The second-order valence-corrected chi connectivity index (χ2v) is 6.93. The highest BCUT2D eigenvalue weighted by atomic mass is 79.9. The van der Waals surface area contributed by atoms with Crippen LogP contribution >= 0.6 is 31.9 Å². The van der Waals surface area contributed by atoms with Gasteiger partial charge < -0.3 is 10.2 Å². The van der Waals surface area contributed by atoms with Crippen molar-refractivity contribution in [2.75, 3.05) is 13.2 Å². The Bertz CT molecular complexity index is 714. The van der Waals surface area contributed by atoms with Crippen molar-refractivity contribution >= 4 is 31.9 Å². The summed E-state index contributed by atoms with van der Waals surface area (Å²) in [5, 5.41) is 17.3. The maximum absolute atomic E-state index is 8.67. The number of halogens is 2. The first-order valence-corrected chi connectivity index (χ1v) is 9.96. The van der Waals surface area contributed by atoms with Crippen LogP contribution in [0.1, 0.15) is 36.8 Å². The van der Waals surface area contributed by atoms with Gasteiger partial charge in [0.1, 0.15) is 0 Å². The first kappa shape index (κ1) is 22.5. The van der Waals surface area contributed by atoms with Crippen LogP contribution in [0.3, 0.4) is 0 Å². The highest BCUT2D eigenvalue weighted by molar-refractivity contribution is 9.13. The van der Waals surface area contributed by atoms with Crippen LogP contribution in [0.2, 0.25) is 0 Å². The maximum Gasteiger partial charge on any atom is 0.0440 e. The average molecular weight is 478 g/mol. The van der Waals surface area contributed by atoms with Crippen molar-refractivity contribution in [1.29, 1.82) is 0 Å². The van der Waals surface area contributed by atoms with Gasteiger partial charge in [-0.15, -0.1) is 0 Å². The molecule has 0 heterocycles. The quantitative estimate of drug-likeness (QED) is 0.472. The Balaban J connectivity index is 0.000000350. The zero-order chi connectivity index (χ0) is 19.0. The SMILES string of the molecule is Brc1ccccc1Br.OCCCC#Cc1ccccc1C#CCCCO. The van der Waals surface area contributed by atoms with Gasteiger partial charge in [0, 0.05) is 46.1 Å². The topological polar surface area (TPSA) is 40.5 Å². The van der Waals surface area contributed by atoms with Gasteiger partial charge in [-0.3, -0.25) is 0 Å². The van der Waals surface area contributed by atoms with E-state index in [2.05, 4.69) is 55.5 Å². The van der Waals surface area contributed by atoms with Crippen LogP contribution in [-0.4, -0.2) is 23.4 Å². The third-order valence-corrected chi connectivity index (χ3v) is 5.03.